The van der Waals surface area contributed by atoms with Crippen molar-refractivity contribution in [2.45, 2.75) is 121 Å². The van der Waals surface area contributed by atoms with Gasteiger partial charge in [-0.25, -0.2) is 4.79 Å². The van der Waals surface area contributed by atoms with Crippen molar-refractivity contribution in [2.75, 3.05) is 26.2 Å². The quantitative estimate of drug-likeness (QED) is 0.0215. The van der Waals surface area contributed by atoms with Crippen molar-refractivity contribution in [3.63, 3.8) is 0 Å². The van der Waals surface area contributed by atoms with E-state index in [9.17, 15) is 58.2 Å². The van der Waals surface area contributed by atoms with E-state index < -0.39 is 115 Å². The van der Waals surface area contributed by atoms with Crippen molar-refractivity contribution >= 4 is 65.1 Å². The molecule has 0 bridgehead atoms. The standard InChI is InChI=1S/C47H69N13O12/c1-4-26(2)39(59-41(66)31(48)12-8-20-52-47(50)51)45(70)54-25-38(64)60-21-9-13-35(60)44(69)53-24-37(63)56-32(18-19-36(49)62)42(67)55-27(3)40(65)57-33(22-28-10-6-5-7-11-28)43(68)58-34(46(71)72)23-29-14-16-30(61)17-15-29/h5-7,10-11,14-17,26-27,31-35,39,61H,4,8-9,12-13,18-25,48H2,1-3H3,(H2,49,62)(H,53,69)(H,54,70)(H,55,67)(H,56,63)(H,57,65)(H,58,68)(H,59,66)(H,71,72)(H4,50,51,52)/t26-,27-,31-,32-,33-,34-,35-,39-/m0/s1. The van der Waals surface area contributed by atoms with Gasteiger partial charge in [0.15, 0.2) is 5.96 Å². The molecule has 1 heterocycles. The number of rotatable bonds is 29. The number of likely N-dealkylation sites (tertiary alicyclic amines) is 1. The van der Waals surface area contributed by atoms with Crippen LogP contribution in [0.2, 0.25) is 0 Å². The normalized spacial score (nSPS) is 15.9. The van der Waals surface area contributed by atoms with E-state index in [0.717, 1.165) is 0 Å². The monoisotopic (exact) mass is 1010 g/mol. The fourth-order valence-corrected chi connectivity index (χ4v) is 7.49. The Labute approximate surface area is 416 Å². The highest BCUT2D eigenvalue weighted by molar-refractivity contribution is 5.97. The zero-order chi connectivity index (χ0) is 53.5. The summed E-state index contributed by atoms with van der Waals surface area (Å²) in [4.78, 5) is 136. The molecule has 72 heavy (non-hydrogen) atoms. The highest BCUT2D eigenvalue weighted by Crippen LogP contribution is 2.18. The lowest BCUT2D eigenvalue weighted by atomic mass is 9.97. The molecule has 0 unspecified atom stereocenters. The fourth-order valence-electron chi connectivity index (χ4n) is 7.49. The van der Waals surface area contributed by atoms with Gasteiger partial charge in [0.2, 0.25) is 53.2 Å². The number of nitrogens with zero attached hydrogens (tertiary/aromatic N) is 2. The van der Waals surface area contributed by atoms with E-state index in [4.69, 9.17) is 22.9 Å². The minimum absolute atomic E-state index is 0.0352. The van der Waals surface area contributed by atoms with Gasteiger partial charge in [0.1, 0.15) is 42.0 Å². The number of guanidine groups is 1. The Bertz CT molecular complexity index is 2240. The van der Waals surface area contributed by atoms with Crippen LogP contribution in [-0.4, -0.2) is 149 Å². The summed E-state index contributed by atoms with van der Waals surface area (Å²) in [5.74, 6) is -8.63. The van der Waals surface area contributed by atoms with Crippen LogP contribution in [0.5, 0.6) is 5.75 Å². The summed E-state index contributed by atoms with van der Waals surface area (Å²) < 4.78 is 0. The first-order valence-corrected chi connectivity index (χ1v) is 23.6. The number of carboxylic acids is 1. The maximum absolute atomic E-state index is 13.6. The molecule has 2 aromatic carbocycles. The molecule has 9 amide bonds. The number of aliphatic imine (C=N–C) groups is 1. The molecule has 25 heteroatoms. The van der Waals surface area contributed by atoms with Crippen molar-refractivity contribution in [2.24, 2.45) is 33.8 Å². The van der Waals surface area contributed by atoms with E-state index in [-0.39, 0.29) is 69.2 Å². The summed E-state index contributed by atoms with van der Waals surface area (Å²) in [7, 11) is 0. The number of aromatic hydroxyl groups is 1. The third-order valence-electron chi connectivity index (χ3n) is 11.8. The highest BCUT2D eigenvalue weighted by Gasteiger charge is 2.36. The Hall–Kier alpha value is -7.83. The van der Waals surface area contributed by atoms with E-state index in [2.05, 4.69) is 42.2 Å². The topological polar surface area (TPSA) is 415 Å². The summed E-state index contributed by atoms with van der Waals surface area (Å²) >= 11 is 0. The van der Waals surface area contributed by atoms with Gasteiger partial charge < -0.3 is 75.3 Å². The second-order valence-corrected chi connectivity index (χ2v) is 17.5. The van der Waals surface area contributed by atoms with Crippen molar-refractivity contribution in [1.29, 1.82) is 0 Å². The molecular formula is C47H69N13O12. The molecule has 1 saturated heterocycles. The van der Waals surface area contributed by atoms with E-state index >= 15 is 0 Å². The molecule has 394 valence electrons. The van der Waals surface area contributed by atoms with Crippen LogP contribution in [0.15, 0.2) is 59.6 Å². The lowest BCUT2D eigenvalue weighted by Gasteiger charge is -2.27. The van der Waals surface area contributed by atoms with Crippen molar-refractivity contribution in [1.82, 2.24) is 42.1 Å². The van der Waals surface area contributed by atoms with Gasteiger partial charge in [-0.1, -0.05) is 62.7 Å². The second-order valence-electron chi connectivity index (χ2n) is 17.5. The predicted molar refractivity (Wildman–Crippen MR) is 261 cm³/mol. The third kappa shape index (κ3) is 19.9. The Morgan fingerprint density at radius 1 is 0.722 bits per heavy atom. The molecule has 0 radical (unpaired) electrons. The molecule has 3 rings (SSSR count). The van der Waals surface area contributed by atoms with E-state index in [1.165, 1.54) is 36.1 Å². The van der Waals surface area contributed by atoms with Crippen LogP contribution in [-0.2, 0) is 60.8 Å². The summed E-state index contributed by atoms with van der Waals surface area (Å²) in [6, 6.07) is 5.74. The summed E-state index contributed by atoms with van der Waals surface area (Å²) in [6.45, 7) is 4.13. The number of primary amides is 1. The number of benzene rings is 2. The van der Waals surface area contributed by atoms with Gasteiger partial charge in [0.25, 0.3) is 0 Å². The maximum atomic E-state index is 13.6. The molecule has 1 fully saturated rings. The molecule has 8 atom stereocenters. The predicted octanol–water partition coefficient (Wildman–Crippen LogP) is -3.38. The number of amides is 9. The van der Waals surface area contributed by atoms with Gasteiger partial charge in [-0.3, -0.25) is 48.1 Å². The van der Waals surface area contributed by atoms with E-state index in [1.54, 1.807) is 37.3 Å². The van der Waals surface area contributed by atoms with Gasteiger partial charge >= 0.3 is 5.97 Å². The van der Waals surface area contributed by atoms with Gasteiger partial charge in [-0.2, -0.15) is 0 Å². The number of hydrogen-bond acceptors (Lipinski definition) is 13. The minimum atomic E-state index is -1.44. The molecule has 0 saturated carbocycles. The van der Waals surface area contributed by atoms with Gasteiger partial charge in [0.05, 0.1) is 19.1 Å². The molecule has 0 aromatic heterocycles. The van der Waals surface area contributed by atoms with Crippen LogP contribution in [0.1, 0.15) is 76.8 Å². The van der Waals surface area contributed by atoms with E-state index in [1.807, 2.05) is 6.92 Å². The molecule has 25 nitrogen and oxygen atoms in total. The zero-order valence-electron chi connectivity index (χ0n) is 40.7. The molecule has 0 spiro atoms. The minimum Gasteiger partial charge on any atom is -0.508 e. The van der Waals surface area contributed by atoms with Crippen LogP contribution in [0, 0.1) is 5.92 Å². The second kappa shape index (κ2) is 29.4. The molecular weight excluding hydrogens is 939 g/mol. The Kier molecular flexibility index (Phi) is 23.9. The number of phenols is 1. The average molecular weight is 1010 g/mol. The van der Waals surface area contributed by atoms with Crippen LogP contribution < -0.4 is 60.2 Å². The van der Waals surface area contributed by atoms with E-state index in [0.29, 0.717) is 30.4 Å². The Morgan fingerprint density at radius 2 is 1.35 bits per heavy atom. The largest absolute Gasteiger partial charge is 0.508 e. The number of hydrogen-bond donors (Lipinski definition) is 13. The number of nitrogens with two attached hydrogens (primary N) is 4. The smallest absolute Gasteiger partial charge is 0.326 e. The fraction of sp³-hybridized carbons (Fsp3) is 0.511. The zero-order valence-corrected chi connectivity index (χ0v) is 40.7. The number of carbonyl (C=O) groups is 10. The Balaban J connectivity index is 1.60. The van der Waals surface area contributed by atoms with Crippen molar-refractivity contribution in [3.8, 4) is 5.75 Å². The Morgan fingerprint density at radius 3 is 1.97 bits per heavy atom. The SMILES string of the molecule is CC[C@H](C)[C@H](NC(=O)[C@@H](N)CCCN=C(N)N)C(=O)NCC(=O)N1CCC[C@H]1C(=O)NCC(=O)N[C@@H](CCC(N)=O)C(=O)N[C@@H](C)C(=O)N[C@@H](Cc1ccccc1)C(=O)N[C@@H](Cc1ccc(O)cc1)C(=O)O. The van der Waals surface area contributed by atoms with Crippen LogP contribution in [0.3, 0.4) is 0 Å². The summed E-state index contributed by atoms with van der Waals surface area (Å²) in [5.41, 5.74) is 23.1. The lowest BCUT2D eigenvalue weighted by molar-refractivity contribution is -0.142. The third-order valence-corrected chi connectivity index (χ3v) is 11.8. The van der Waals surface area contributed by atoms with Crippen LogP contribution >= 0.6 is 0 Å². The first kappa shape index (κ1) is 58.5. The summed E-state index contributed by atoms with van der Waals surface area (Å²) in [5, 5.41) is 37.0. The first-order chi connectivity index (χ1) is 34.1. The van der Waals surface area contributed by atoms with Gasteiger partial charge in [-0.05, 0) is 68.2 Å². The number of aliphatic carboxylic acids is 1. The number of phenolic OH excluding ortho intramolecular Hbond substituents is 1. The van der Waals surface area contributed by atoms with Crippen LogP contribution in [0.25, 0.3) is 0 Å². The molecule has 0 aliphatic carbocycles. The van der Waals surface area contributed by atoms with Crippen molar-refractivity contribution < 1.29 is 58.2 Å². The highest BCUT2D eigenvalue weighted by atomic mass is 16.4. The lowest BCUT2D eigenvalue weighted by Crippen LogP contribution is -2.58. The maximum Gasteiger partial charge on any atom is 0.326 e. The number of carbonyl (C=O) groups excluding carboxylic acids is 9. The number of nitrogens with one attached hydrogen (secondary N) is 7. The average Bonchev–Trinajstić information content (AvgIpc) is 3.84. The van der Waals surface area contributed by atoms with Gasteiger partial charge in [-0.15, -0.1) is 0 Å². The molecule has 17 N–H and O–H groups in total. The molecule has 2 aromatic rings. The first-order valence-electron chi connectivity index (χ1n) is 23.6. The van der Waals surface area contributed by atoms with Crippen molar-refractivity contribution in [3.05, 3.63) is 65.7 Å². The molecule has 1 aliphatic heterocycles. The molecule has 1 aliphatic rings. The van der Waals surface area contributed by atoms with Gasteiger partial charge in [0, 0.05) is 32.4 Å². The van der Waals surface area contributed by atoms with Crippen LogP contribution in [0.4, 0.5) is 0 Å². The number of carboxylic acid groups (broad SMARTS) is 1. The summed E-state index contributed by atoms with van der Waals surface area (Å²) in [6.07, 6.45) is 0.939.